The highest BCUT2D eigenvalue weighted by atomic mass is 16.5. The van der Waals surface area contributed by atoms with Gasteiger partial charge in [0.15, 0.2) is 0 Å². The standard InChI is InChI=1S/C15H16N2O3/c1-20-14(18)8-9-16-15(19)12-4-6-13(7-5-12)17-10-2-3-11-17/h2-7,10-11H,8-9H2,1H3,(H,16,19). The molecule has 104 valence electrons. The molecule has 5 nitrogen and oxygen atoms in total. The third-order valence-electron chi connectivity index (χ3n) is 2.87. The Morgan fingerprint density at radius 2 is 1.80 bits per heavy atom. The molecule has 0 aliphatic carbocycles. The first-order valence-corrected chi connectivity index (χ1v) is 6.29. The molecule has 0 spiro atoms. The number of nitrogens with zero attached hydrogens (tertiary/aromatic N) is 1. The number of aromatic nitrogens is 1. The van der Waals surface area contributed by atoms with Gasteiger partial charge in [0.25, 0.3) is 5.91 Å². The molecule has 1 aromatic carbocycles. The average Bonchev–Trinajstić information content (AvgIpc) is 3.01. The summed E-state index contributed by atoms with van der Waals surface area (Å²) in [6, 6.07) is 11.1. The van der Waals surface area contributed by atoms with Gasteiger partial charge in [-0.2, -0.15) is 0 Å². The van der Waals surface area contributed by atoms with Crippen LogP contribution in [-0.2, 0) is 9.53 Å². The summed E-state index contributed by atoms with van der Waals surface area (Å²) >= 11 is 0. The zero-order valence-corrected chi connectivity index (χ0v) is 11.2. The van der Waals surface area contributed by atoms with Crippen LogP contribution in [0.2, 0.25) is 0 Å². The van der Waals surface area contributed by atoms with Crippen molar-refractivity contribution in [3.05, 3.63) is 54.4 Å². The summed E-state index contributed by atoms with van der Waals surface area (Å²) in [4.78, 5) is 22.8. The predicted molar refractivity (Wildman–Crippen MR) is 74.7 cm³/mol. The molecule has 0 aliphatic rings. The van der Waals surface area contributed by atoms with Crippen LogP contribution in [0, 0.1) is 0 Å². The molecule has 2 rings (SSSR count). The Balaban J connectivity index is 1.92. The summed E-state index contributed by atoms with van der Waals surface area (Å²) in [5.41, 5.74) is 1.55. The number of esters is 1. The van der Waals surface area contributed by atoms with Gasteiger partial charge in [0.1, 0.15) is 0 Å². The monoisotopic (exact) mass is 272 g/mol. The lowest BCUT2D eigenvalue weighted by molar-refractivity contribution is -0.140. The summed E-state index contributed by atoms with van der Waals surface area (Å²) in [5.74, 6) is -0.541. The Kier molecular flexibility index (Phi) is 4.55. The lowest BCUT2D eigenvalue weighted by atomic mass is 10.2. The van der Waals surface area contributed by atoms with E-state index in [1.54, 1.807) is 12.1 Å². The first-order valence-electron chi connectivity index (χ1n) is 6.29. The van der Waals surface area contributed by atoms with Crippen molar-refractivity contribution in [2.75, 3.05) is 13.7 Å². The fourth-order valence-corrected chi connectivity index (χ4v) is 1.77. The van der Waals surface area contributed by atoms with Gasteiger partial charge < -0.3 is 14.6 Å². The van der Waals surface area contributed by atoms with E-state index < -0.39 is 0 Å². The zero-order chi connectivity index (χ0) is 14.4. The van der Waals surface area contributed by atoms with Gasteiger partial charge in [-0.25, -0.2) is 0 Å². The average molecular weight is 272 g/mol. The van der Waals surface area contributed by atoms with Crippen LogP contribution in [0.3, 0.4) is 0 Å². The van der Waals surface area contributed by atoms with Crippen molar-refractivity contribution in [2.45, 2.75) is 6.42 Å². The van der Waals surface area contributed by atoms with Gasteiger partial charge in [0.2, 0.25) is 0 Å². The maximum Gasteiger partial charge on any atom is 0.307 e. The Morgan fingerprint density at radius 3 is 2.40 bits per heavy atom. The molecule has 1 amide bonds. The second kappa shape index (κ2) is 6.56. The number of carbonyl (C=O) groups is 2. The van der Waals surface area contributed by atoms with Crippen LogP contribution in [0.15, 0.2) is 48.8 Å². The Morgan fingerprint density at radius 1 is 1.15 bits per heavy atom. The maximum atomic E-state index is 11.8. The van der Waals surface area contributed by atoms with E-state index >= 15 is 0 Å². The van der Waals surface area contributed by atoms with Crippen LogP contribution in [0.1, 0.15) is 16.8 Å². The van der Waals surface area contributed by atoms with Crippen LogP contribution in [0.5, 0.6) is 0 Å². The van der Waals surface area contributed by atoms with Gasteiger partial charge in [-0.05, 0) is 36.4 Å². The van der Waals surface area contributed by atoms with Gasteiger partial charge in [-0.1, -0.05) is 0 Å². The summed E-state index contributed by atoms with van der Waals surface area (Å²) in [7, 11) is 1.32. The van der Waals surface area contributed by atoms with Gasteiger partial charge in [0.05, 0.1) is 13.5 Å². The number of hydrogen-bond acceptors (Lipinski definition) is 3. The third kappa shape index (κ3) is 3.47. The van der Waals surface area contributed by atoms with Gasteiger partial charge >= 0.3 is 5.97 Å². The Hall–Kier alpha value is -2.56. The molecular formula is C15H16N2O3. The number of amides is 1. The topological polar surface area (TPSA) is 60.3 Å². The number of nitrogens with one attached hydrogen (secondary N) is 1. The van der Waals surface area contributed by atoms with E-state index in [1.165, 1.54) is 7.11 Å². The minimum Gasteiger partial charge on any atom is -0.469 e. The van der Waals surface area contributed by atoms with Crippen LogP contribution in [0.4, 0.5) is 0 Å². The number of carbonyl (C=O) groups excluding carboxylic acids is 2. The van der Waals surface area contributed by atoms with E-state index in [4.69, 9.17) is 0 Å². The molecule has 20 heavy (non-hydrogen) atoms. The van der Waals surface area contributed by atoms with Crippen LogP contribution in [0.25, 0.3) is 5.69 Å². The third-order valence-corrected chi connectivity index (χ3v) is 2.87. The summed E-state index contributed by atoms with van der Waals surface area (Å²) < 4.78 is 6.46. The Bertz CT molecular complexity index is 574. The van der Waals surface area contributed by atoms with E-state index in [9.17, 15) is 9.59 Å². The molecule has 1 heterocycles. The molecule has 1 aromatic heterocycles. The lowest BCUT2D eigenvalue weighted by Gasteiger charge is -2.06. The second-order valence-electron chi connectivity index (χ2n) is 4.22. The van der Waals surface area contributed by atoms with E-state index in [1.807, 2.05) is 41.2 Å². The number of benzene rings is 1. The molecule has 5 heteroatoms. The van der Waals surface area contributed by atoms with Gasteiger partial charge in [0, 0.05) is 30.2 Å². The minimum absolute atomic E-state index is 0.170. The number of methoxy groups -OCH3 is 1. The highest BCUT2D eigenvalue weighted by Crippen LogP contribution is 2.09. The van der Waals surface area contributed by atoms with Crippen molar-refractivity contribution in [2.24, 2.45) is 0 Å². The number of rotatable bonds is 5. The molecule has 0 bridgehead atoms. The fraction of sp³-hybridized carbons (Fsp3) is 0.200. The lowest BCUT2D eigenvalue weighted by Crippen LogP contribution is -2.26. The molecular weight excluding hydrogens is 256 g/mol. The summed E-state index contributed by atoms with van der Waals surface area (Å²) in [6.45, 7) is 0.269. The molecule has 0 atom stereocenters. The zero-order valence-electron chi connectivity index (χ0n) is 11.2. The van der Waals surface area contributed by atoms with Gasteiger partial charge in [-0.3, -0.25) is 9.59 Å². The first kappa shape index (κ1) is 13.9. The summed E-state index contributed by atoms with van der Waals surface area (Å²) in [5, 5.41) is 2.67. The highest BCUT2D eigenvalue weighted by Gasteiger charge is 2.06. The molecule has 0 saturated carbocycles. The number of hydrogen-bond donors (Lipinski definition) is 1. The largest absolute Gasteiger partial charge is 0.469 e. The molecule has 0 radical (unpaired) electrons. The van der Waals surface area contributed by atoms with E-state index in [2.05, 4.69) is 10.1 Å². The van der Waals surface area contributed by atoms with Crippen molar-refractivity contribution in [1.82, 2.24) is 9.88 Å². The molecule has 0 aliphatic heterocycles. The minimum atomic E-state index is -0.340. The molecule has 0 fully saturated rings. The Labute approximate surface area is 117 Å². The quantitative estimate of drug-likeness (QED) is 0.844. The van der Waals surface area contributed by atoms with E-state index in [-0.39, 0.29) is 24.8 Å². The van der Waals surface area contributed by atoms with Crippen molar-refractivity contribution in [1.29, 1.82) is 0 Å². The van der Waals surface area contributed by atoms with Crippen LogP contribution in [-0.4, -0.2) is 30.1 Å². The fourth-order valence-electron chi connectivity index (χ4n) is 1.77. The van der Waals surface area contributed by atoms with E-state index in [0.717, 1.165) is 5.69 Å². The molecule has 0 unspecified atom stereocenters. The van der Waals surface area contributed by atoms with Crippen molar-refractivity contribution < 1.29 is 14.3 Å². The molecule has 0 saturated heterocycles. The van der Waals surface area contributed by atoms with Crippen molar-refractivity contribution >= 4 is 11.9 Å². The molecule has 2 aromatic rings. The maximum absolute atomic E-state index is 11.8. The van der Waals surface area contributed by atoms with Crippen molar-refractivity contribution in [3.8, 4) is 5.69 Å². The SMILES string of the molecule is COC(=O)CCNC(=O)c1ccc(-n2cccc2)cc1. The van der Waals surface area contributed by atoms with Crippen LogP contribution < -0.4 is 5.32 Å². The predicted octanol–water partition coefficient (Wildman–Crippen LogP) is 1.77. The van der Waals surface area contributed by atoms with Crippen molar-refractivity contribution in [3.63, 3.8) is 0 Å². The van der Waals surface area contributed by atoms with Crippen LogP contribution >= 0.6 is 0 Å². The first-order chi connectivity index (χ1) is 9.70. The van der Waals surface area contributed by atoms with E-state index in [0.29, 0.717) is 5.56 Å². The van der Waals surface area contributed by atoms with Gasteiger partial charge in [-0.15, -0.1) is 0 Å². The smallest absolute Gasteiger partial charge is 0.307 e. The highest BCUT2D eigenvalue weighted by molar-refractivity contribution is 5.94. The summed E-state index contributed by atoms with van der Waals surface area (Å²) in [6.07, 6.45) is 4.04. The normalized spacial score (nSPS) is 10.1. The molecule has 1 N–H and O–H groups in total. The second-order valence-corrected chi connectivity index (χ2v) is 4.22. The number of ether oxygens (including phenoxy) is 1.